The molecule has 0 saturated heterocycles. The summed E-state index contributed by atoms with van der Waals surface area (Å²) in [6.45, 7) is 6.84. The average molecular weight is 211 g/mol. The maximum Gasteiger partial charge on any atom is 0.337 e. The van der Waals surface area contributed by atoms with Crippen molar-refractivity contribution in [3.05, 3.63) is 23.2 Å². The molecule has 4 nitrogen and oxygen atoms in total. The van der Waals surface area contributed by atoms with E-state index in [0.717, 1.165) is 5.57 Å². The van der Waals surface area contributed by atoms with E-state index in [0.29, 0.717) is 0 Å². The van der Waals surface area contributed by atoms with E-state index in [1.807, 2.05) is 13.8 Å². The maximum atomic E-state index is 11.4. The summed E-state index contributed by atoms with van der Waals surface area (Å²) < 4.78 is 9.88. The van der Waals surface area contributed by atoms with E-state index in [1.54, 1.807) is 6.08 Å². The fourth-order valence-electron chi connectivity index (χ4n) is 1.15. The molecule has 1 rings (SSSR count). The van der Waals surface area contributed by atoms with Crippen LogP contribution in [-0.2, 0) is 14.3 Å². The molecule has 0 atom stereocenters. The normalized spacial score (nSPS) is 19.3. The molecular weight excluding hydrogens is 196 g/mol. The van der Waals surface area contributed by atoms with E-state index in [2.05, 4.69) is 0 Å². The Morgan fingerprint density at radius 1 is 1.40 bits per heavy atom. The Morgan fingerprint density at radius 2 is 2.00 bits per heavy atom. The number of ether oxygens (including phenoxy) is 2. The van der Waals surface area contributed by atoms with Crippen LogP contribution in [0.25, 0.3) is 0 Å². The van der Waals surface area contributed by atoms with Crippen molar-refractivity contribution in [3.63, 3.8) is 0 Å². The van der Waals surface area contributed by atoms with Crippen LogP contribution in [0.3, 0.4) is 0 Å². The van der Waals surface area contributed by atoms with Gasteiger partial charge in [0.05, 0.1) is 11.5 Å². The highest BCUT2D eigenvalue weighted by Crippen LogP contribution is 2.25. The second kappa shape index (κ2) is 3.96. The Kier molecular flexibility index (Phi) is 3.07. The van der Waals surface area contributed by atoms with E-state index in [4.69, 9.17) is 9.47 Å². The van der Waals surface area contributed by atoms with Crippen LogP contribution in [0.2, 0.25) is 0 Å². The van der Waals surface area contributed by atoms with Gasteiger partial charge in [-0.05, 0) is 34.1 Å². The van der Waals surface area contributed by atoms with Gasteiger partial charge in [0.2, 0.25) is 0 Å². The molecule has 0 spiro atoms. The number of hydrogen-bond acceptors (Lipinski definition) is 4. The molecule has 0 saturated carbocycles. The first-order chi connectivity index (χ1) is 6.82. The Balaban J connectivity index is 2.88. The summed E-state index contributed by atoms with van der Waals surface area (Å²) in [6.07, 6.45) is 2.05. The zero-order valence-corrected chi connectivity index (χ0v) is 9.42. The number of rotatable bonds is 2. The molecule has 0 aliphatic carbocycles. The molecule has 1 aliphatic rings. The summed E-state index contributed by atoms with van der Waals surface area (Å²) in [4.78, 5) is 11.4. The van der Waals surface area contributed by atoms with Gasteiger partial charge in [0.15, 0.2) is 5.79 Å². The Morgan fingerprint density at radius 3 is 2.47 bits per heavy atom. The van der Waals surface area contributed by atoms with Crippen molar-refractivity contribution < 1.29 is 19.4 Å². The first kappa shape index (κ1) is 11.6. The van der Waals surface area contributed by atoms with Gasteiger partial charge in [0, 0.05) is 0 Å². The quantitative estimate of drug-likeness (QED) is 0.509. The number of cyclic esters (lactones) is 1. The number of hydrogen-bond donors (Lipinski definition) is 0. The molecule has 1 aliphatic heterocycles. The van der Waals surface area contributed by atoms with E-state index >= 15 is 0 Å². The zero-order valence-electron chi connectivity index (χ0n) is 9.42. The van der Waals surface area contributed by atoms with Crippen LogP contribution >= 0.6 is 0 Å². The highest BCUT2D eigenvalue weighted by molar-refractivity contribution is 5.89. The Labute approximate surface area is 89.2 Å². The summed E-state index contributed by atoms with van der Waals surface area (Å²) in [5, 5.41) is 11.4. The summed E-state index contributed by atoms with van der Waals surface area (Å²) in [6, 6.07) is 0. The van der Waals surface area contributed by atoms with E-state index in [1.165, 1.54) is 13.8 Å². The highest BCUT2D eigenvalue weighted by Gasteiger charge is 2.28. The second-order valence-corrected chi connectivity index (χ2v) is 4.14. The first-order valence-electron chi connectivity index (χ1n) is 4.78. The topological polar surface area (TPSA) is 58.6 Å². The lowest BCUT2D eigenvalue weighted by Crippen LogP contribution is -2.39. The van der Waals surface area contributed by atoms with Gasteiger partial charge >= 0.3 is 5.97 Å². The molecule has 4 heteroatoms. The third-order valence-electron chi connectivity index (χ3n) is 1.88. The van der Waals surface area contributed by atoms with Crippen LogP contribution in [-0.4, -0.2) is 11.8 Å². The summed E-state index contributed by atoms with van der Waals surface area (Å²) in [5.74, 6) is -2.33. The lowest BCUT2D eigenvalue weighted by atomic mass is 10.1. The van der Waals surface area contributed by atoms with Crippen molar-refractivity contribution in [1.29, 1.82) is 0 Å². The van der Waals surface area contributed by atoms with Crippen molar-refractivity contribution in [2.75, 3.05) is 0 Å². The molecule has 0 aromatic rings. The lowest BCUT2D eigenvalue weighted by molar-refractivity contribution is -0.394. The van der Waals surface area contributed by atoms with Crippen molar-refractivity contribution >= 4 is 5.97 Å². The van der Waals surface area contributed by atoms with Crippen LogP contribution in [0.15, 0.2) is 23.2 Å². The molecule has 0 unspecified atom stereocenters. The minimum absolute atomic E-state index is 0.0514. The van der Waals surface area contributed by atoms with Gasteiger partial charge in [-0.2, -0.15) is 0 Å². The van der Waals surface area contributed by atoms with Gasteiger partial charge in [0.25, 0.3) is 0 Å². The van der Waals surface area contributed by atoms with E-state index in [-0.39, 0.29) is 12.0 Å². The van der Waals surface area contributed by atoms with Gasteiger partial charge < -0.3 is 14.6 Å². The third-order valence-corrected chi connectivity index (χ3v) is 1.88. The smallest absolute Gasteiger partial charge is 0.337 e. The molecule has 1 heterocycles. The molecule has 84 valence electrons. The average Bonchev–Trinajstić information content (AvgIpc) is 1.98. The zero-order chi connectivity index (χ0) is 11.6. The van der Waals surface area contributed by atoms with Crippen molar-refractivity contribution in [2.24, 2.45) is 0 Å². The van der Waals surface area contributed by atoms with Crippen LogP contribution < -0.4 is 5.11 Å². The fraction of sp³-hybridized carbons (Fsp3) is 0.545. The standard InChI is InChI=1S/C11H16O4/c1-7(2)5-6-8-9(12)14-11(3,4)15-10(8)13/h5,12H,6H2,1-4H3/p-1. The summed E-state index contributed by atoms with van der Waals surface area (Å²) >= 11 is 0. The molecule has 0 aromatic heterocycles. The van der Waals surface area contributed by atoms with Crippen LogP contribution in [0.4, 0.5) is 0 Å². The summed E-state index contributed by atoms with van der Waals surface area (Å²) in [7, 11) is 0. The molecule has 0 fully saturated rings. The predicted octanol–water partition coefficient (Wildman–Crippen LogP) is 1.22. The van der Waals surface area contributed by atoms with Crippen molar-refractivity contribution in [2.45, 2.75) is 39.9 Å². The molecular formula is C11H15O4-. The first-order valence-corrected chi connectivity index (χ1v) is 4.78. The number of allylic oxidation sites excluding steroid dienone is 2. The van der Waals surface area contributed by atoms with E-state index < -0.39 is 17.7 Å². The lowest BCUT2D eigenvalue weighted by Gasteiger charge is -2.39. The van der Waals surface area contributed by atoms with E-state index in [9.17, 15) is 9.90 Å². The molecule has 15 heavy (non-hydrogen) atoms. The van der Waals surface area contributed by atoms with Crippen LogP contribution in [0, 0.1) is 0 Å². The fourth-order valence-corrected chi connectivity index (χ4v) is 1.15. The Hall–Kier alpha value is -1.45. The van der Waals surface area contributed by atoms with Gasteiger partial charge in [-0.1, -0.05) is 11.6 Å². The van der Waals surface area contributed by atoms with Gasteiger partial charge in [-0.25, -0.2) is 4.79 Å². The summed E-state index contributed by atoms with van der Waals surface area (Å²) in [5.41, 5.74) is 1.09. The molecule has 0 aromatic carbocycles. The number of carbonyl (C=O) groups is 1. The molecule has 0 amide bonds. The van der Waals surface area contributed by atoms with Gasteiger partial charge in [-0.15, -0.1) is 0 Å². The molecule has 0 N–H and O–H groups in total. The monoisotopic (exact) mass is 211 g/mol. The SMILES string of the molecule is CC(C)=CCC1=C([O-])OC(C)(C)OC1=O. The van der Waals surface area contributed by atoms with Gasteiger partial charge in [-0.3, -0.25) is 0 Å². The maximum absolute atomic E-state index is 11.4. The number of carbonyl (C=O) groups excluding carboxylic acids is 1. The molecule has 0 radical (unpaired) electrons. The van der Waals surface area contributed by atoms with Crippen LogP contribution in [0.1, 0.15) is 34.1 Å². The molecule has 0 bridgehead atoms. The van der Waals surface area contributed by atoms with Gasteiger partial charge in [0.1, 0.15) is 0 Å². The second-order valence-electron chi connectivity index (χ2n) is 4.14. The number of esters is 1. The van der Waals surface area contributed by atoms with Crippen molar-refractivity contribution in [1.82, 2.24) is 0 Å². The Bertz CT molecular complexity index is 332. The van der Waals surface area contributed by atoms with Crippen LogP contribution in [0.5, 0.6) is 0 Å². The third kappa shape index (κ3) is 3.01. The van der Waals surface area contributed by atoms with Crippen molar-refractivity contribution in [3.8, 4) is 0 Å². The largest absolute Gasteiger partial charge is 0.575 e. The predicted molar refractivity (Wildman–Crippen MR) is 52.3 cm³/mol. The highest BCUT2D eigenvalue weighted by atomic mass is 16.8. The minimum Gasteiger partial charge on any atom is -0.575 e. The minimum atomic E-state index is -1.15.